The molecule has 0 fully saturated rings. The Labute approximate surface area is 67.1 Å². The van der Waals surface area contributed by atoms with E-state index in [0.717, 1.165) is 5.70 Å². The van der Waals surface area contributed by atoms with E-state index < -0.39 is 5.97 Å². The number of allylic oxidation sites excluding steroid dienone is 1. The van der Waals surface area contributed by atoms with Crippen molar-refractivity contribution >= 4 is 5.97 Å². The van der Waals surface area contributed by atoms with Gasteiger partial charge in [-0.1, -0.05) is 0 Å². The van der Waals surface area contributed by atoms with Gasteiger partial charge in [-0.3, -0.25) is 0 Å². The highest BCUT2D eigenvalue weighted by Crippen LogP contribution is 2.00. The minimum Gasteiger partial charge on any atom is -0.478 e. The lowest BCUT2D eigenvalue weighted by Crippen LogP contribution is -2.22. The third-order valence-corrected chi connectivity index (χ3v) is 1.39. The summed E-state index contributed by atoms with van der Waals surface area (Å²) in [5.74, 6) is -0.865. The maximum atomic E-state index is 10.4. The fraction of sp³-hybridized carbons (Fsp3) is 0.625. The van der Waals surface area contributed by atoms with Gasteiger partial charge in [-0.2, -0.15) is 0 Å². The van der Waals surface area contributed by atoms with Crippen molar-refractivity contribution in [2.45, 2.75) is 33.7 Å². The molecule has 3 nitrogen and oxygen atoms in total. The van der Waals surface area contributed by atoms with E-state index in [9.17, 15) is 4.79 Å². The van der Waals surface area contributed by atoms with Gasteiger partial charge in [-0.05, 0) is 27.7 Å². The maximum absolute atomic E-state index is 10.4. The summed E-state index contributed by atoms with van der Waals surface area (Å²) in [6, 6.07) is 0.282. The molecular formula is C8H15NO2. The monoisotopic (exact) mass is 157 g/mol. The lowest BCUT2D eigenvalue weighted by Gasteiger charge is -2.11. The van der Waals surface area contributed by atoms with Crippen molar-refractivity contribution in [3.8, 4) is 0 Å². The summed E-state index contributed by atoms with van der Waals surface area (Å²) in [4.78, 5) is 10.4. The summed E-state index contributed by atoms with van der Waals surface area (Å²) in [5.41, 5.74) is 1.10. The fourth-order valence-corrected chi connectivity index (χ4v) is 0.702. The van der Waals surface area contributed by atoms with Gasteiger partial charge in [0.1, 0.15) is 0 Å². The van der Waals surface area contributed by atoms with Crippen molar-refractivity contribution in [3.05, 3.63) is 11.3 Å². The Bertz CT molecular complexity index is 183. The standard InChI is InChI=1S/C8H15NO2/c1-5(2)9-7(4)6(3)8(10)11/h5,9H,1-4H3,(H,10,11)/b7-6+. The summed E-state index contributed by atoms with van der Waals surface area (Å²) in [7, 11) is 0. The third kappa shape index (κ3) is 3.65. The molecule has 0 aliphatic rings. The molecule has 2 N–H and O–H groups in total. The molecule has 0 aromatic heterocycles. The minimum atomic E-state index is -0.865. The zero-order valence-corrected chi connectivity index (χ0v) is 7.43. The largest absolute Gasteiger partial charge is 0.478 e. The topological polar surface area (TPSA) is 49.3 Å². The second kappa shape index (κ2) is 4.01. The van der Waals surface area contributed by atoms with Gasteiger partial charge in [-0.25, -0.2) is 4.79 Å². The van der Waals surface area contributed by atoms with Crippen LogP contribution in [0.5, 0.6) is 0 Å². The van der Waals surface area contributed by atoms with Gasteiger partial charge in [0, 0.05) is 11.7 Å². The van der Waals surface area contributed by atoms with E-state index in [2.05, 4.69) is 5.32 Å². The van der Waals surface area contributed by atoms with E-state index in [1.54, 1.807) is 13.8 Å². The third-order valence-electron chi connectivity index (χ3n) is 1.39. The molecule has 0 unspecified atom stereocenters. The Morgan fingerprint density at radius 3 is 2.09 bits per heavy atom. The summed E-state index contributed by atoms with van der Waals surface area (Å²) in [6.45, 7) is 7.30. The van der Waals surface area contributed by atoms with Crippen molar-refractivity contribution in [1.29, 1.82) is 0 Å². The molecule has 0 saturated carbocycles. The van der Waals surface area contributed by atoms with E-state index in [-0.39, 0.29) is 6.04 Å². The van der Waals surface area contributed by atoms with Crippen molar-refractivity contribution < 1.29 is 9.90 Å². The first-order chi connectivity index (χ1) is 4.95. The first kappa shape index (κ1) is 10.0. The average molecular weight is 157 g/mol. The molecule has 3 heteroatoms. The Balaban J connectivity index is 4.28. The Kier molecular flexibility index (Phi) is 3.65. The molecule has 0 aliphatic heterocycles. The van der Waals surface area contributed by atoms with Crippen molar-refractivity contribution in [2.24, 2.45) is 0 Å². The molecule has 64 valence electrons. The maximum Gasteiger partial charge on any atom is 0.333 e. The SMILES string of the molecule is C/C(NC(C)C)=C(/C)C(=O)O. The predicted molar refractivity (Wildman–Crippen MR) is 44.3 cm³/mol. The van der Waals surface area contributed by atoms with Crippen LogP contribution in [0.4, 0.5) is 0 Å². The number of carboxylic acid groups (broad SMARTS) is 1. The smallest absolute Gasteiger partial charge is 0.333 e. The van der Waals surface area contributed by atoms with E-state index in [0.29, 0.717) is 5.57 Å². The fourth-order valence-electron chi connectivity index (χ4n) is 0.702. The molecule has 0 bridgehead atoms. The van der Waals surface area contributed by atoms with Crippen LogP contribution in [0.2, 0.25) is 0 Å². The van der Waals surface area contributed by atoms with Crippen LogP contribution in [0, 0.1) is 0 Å². The Hall–Kier alpha value is -0.990. The Morgan fingerprint density at radius 1 is 1.36 bits per heavy atom. The van der Waals surface area contributed by atoms with Gasteiger partial charge in [0.25, 0.3) is 0 Å². The van der Waals surface area contributed by atoms with E-state index in [1.807, 2.05) is 13.8 Å². The quantitative estimate of drug-likeness (QED) is 0.608. The van der Waals surface area contributed by atoms with Gasteiger partial charge >= 0.3 is 5.97 Å². The highest BCUT2D eigenvalue weighted by Gasteiger charge is 2.04. The van der Waals surface area contributed by atoms with Crippen molar-refractivity contribution in [3.63, 3.8) is 0 Å². The minimum absolute atomic E-state index is 0.282. The first-order valence-electron chi connectivity index (χ1n) is 3.62. The highest BCUT2D eigenvalue weighted by molar-refractivity contribution is 5.86. The van der Waals surface area contributed by atoms with Gasteiger partial charge in [0.05, 0.1) is 5.57 Å². The van der Waals surface area contributed by atoms with E-state index in [4.69, 9.17) is 5.11 Å². The van der Waals surface area contributed by atoms with Gasteiger partial charge in [0.15, 0.2) is 0 Å². The van der Waals surface area contributed by atoms with Crippen molar-refractivity contribution in [1.82, 2.24) is 5.32 Å². The predicted octanol–water partition coefficient (Wildman–Crippen LogP) is 1.36. The van der Waals surface area contributed by atoms with Crippen molar-refractivity contribution in [2.75, 3.05) is 0 Å². The van der Waals surface area contributed by atoms with Crippen LogP contribution in [0.1, 0.15) is 27.7 Å². The molecule has 0 aromatic carbocycles. The van der Waals surface area contributed by atoms with Crippen LogP contribution in [-0.4, -0.2) is 17.1 Å². The number of aliphatic carboxylic acids is 1. The van der Waals surface area contributed by atoms with Gasteiger partial charge in [0.2, 0.25) is 0 Å². The second-order valence-corrected chi connectivity index (χ2v) is 2.85. The molecule has 0 spiro atoms. The summed E-state index contributed by atoms with van der Waals surface area (Å²) in [5, 5.41) is 11.6. The van der Waals surface area contributed by atoms with Crippen LogP contribution >= 0.6 is 0 Å². The van der Waals surface area contributed by atoms with Gasteiger partial charge < -0.3 is 10.4 Å². The van der Waals surface area contributed by atoms with E-state index >= 15 is 0 Å². The second-order valence-electron chi connectivity index (χ2n) is 2.85. The van der Waals surface area contributed by atoms with Gasteiger partial charge in [-0.15, -0.1) is 0 Å². The number of carbonyl (C=O) groups is 1. The average Bonchev–Trinajstić information content (AvgIpc) is 1.84. The lowest BCUT2D eigenvalue weighted by molar-refractivity contribution is -0.132. The summed E-state index contributed by atoms with van der Waals surface area (Å²) < 4.78 is 0. The Morgan fingerprint density at radius 2 is 1.82 bits per heavy atom. The summed E-state index contributed by atoms with van der Waals surface area (Å²) in [6.07, 6.45) is 0. The molecule has 0 radical (unpaired) electrons. The zero-order valence-electron chi connectivity index (χ0n) is 7.43. The summed E-state index contributed by atoms with van der Waals surface area (Å²) >= 11 is 0. The molecule has 11 heavy (non-hydrogen) atoms. The van der Waals surface area contributed by atoms with Crippen LogP contribution in [0.3, 0.4) is 0 Å². The van der Waals surface area contributed by atoms with Crippen LogP contribution in [0.15, 0.2) is 11.3 Å². The number of carboxylic acids is 1. The molecule has 0 rings (SSSR count). The molecule has 0 atom stereocenters. The van der Waals surface area contributed by atoms with E-state index in [1.165, 1.54) is 0 Å². The van der Waals surface area contributed by atoms with Crippen LogP contribution in [-0.2, 0) is 4.79 Å². The van der Waals surface area contributed by atoms with Crippen LogP contribution in [0.25, 0.3) is 0 Å². The normalized spacial score (nSPS) is 12.8. The first-order valence-corrected chi connectivity index (χ1v) is 3.62. The molecule has 0 amide bonds. The highest BCUT2D eigenvalue weighted by atomic mass is 16.4. The molecule has 0 aliphatic carbocycles. The van der Waals surface area contributed by atoms with Crippen LogP contribution < -0.4 is 5.32 Å². The molecular weight excluding hydrogens is 142 g/mol. The molecule has 0 heterocycles. The molecule has 0 saturated heterocycles. The molecule has 0 aromatic rings. The zero-order chi connectivity index (χ0) is 9.02. The number of hydrogen-bond acceptors (Lipinski definition) is 2. The number of hydrogen-bond donors (Lipinski definition) is 2. The number of rotatable bonds is 3. The number of nitrogens with one attached hydrogen (secondary N) is 1. The lowest BCUT2D eigenvalue weighted by atomic mass is 10.2.